The number of H-pyrrole nitrogens is 1. The minimum Gasteiger partial charge on any atom is -0.478 e. The van der Waals surface area contributed by atoms with E-state index in [-0.39, 0.29) is 17.0 Å². The average molecular weight is 396 g/mol. The van der Waals surface area contributed by atoms with Crippen LogP contribution in [-0.4, -0.2) is 31.7 Å². The molecule has 0 amide bonds. The van der Waals surface area contributed by atoms with Gasteiger partial charge in [-0.3, -0.25) is 0 Å². The maximum Gasteiger partial charge on any atom is 0.337 e. The number of nitriles is 1. The molecule has 0 aliphatic rings. The van der Waals surface area contributed by atoms with Gasteiger partial charge in [0.2, 0.25) is 5.82 Å². The quantitative estimate of drug-likeness (QED) is 0.531. The monoisotopic (exact) mass is 396 g/mol. The molecule has 2 aromatic rings. The Morgan fingerprint density at radius 3 is 2.90 bits per heavy atom. The number of carbonyl (C=O) groups is 1. The number of aryl methyl sites for hydroxylation is 1. The number of nitrogens with zero attached hydrogens (tertiary/aromatic N) is 4. The molecule has 1 aromatic heterocycles. The van der Waals surface area contributed by atoms with Crippen LogP contribution in [0.2, 0.25) is 0 Å². The number of allylic oxidation sites excluding steroid dienone is 1. The summed E-state index contributed by atoms with van der Waals surface area (Å²) in [6.07, 6.45) is 1.35. The SMILES string of the molecule is Cc1cc(I)cc(C(=O)O)c1NC=C(C#N)c1nn[nH]n1. The van der Waals surface area contributed by atoms with Crippen molar-refractivity contribution in [1.82, 2.24) is 20.6 Å². The van der Waals surface area contributed by atoms with Crippen LogP contribution in [0.1, 0.15) is 21.7 Å². The van der Waals surface area contributed by atoms with Crippen molar-refractivity contribution in [1.29, 1.82) is 5.26 Å². The van der Waals surface area contributed by atoms with E-state index in [1.807, 2.05) is 34.7 Å². The summed E-state index contributed by atoms with van der Waals surface area (Å²) in [7, 11) is 0. The lowest BCUT2D eigenvalue weighted by atomic mass is 10.1. The molecule has 8 nitrogen and oxygen atoms in total. The van der Waals surface area contributed by atoms with Crippen LogP contribution in [0.5, 0.6) is 0 Å². The van der Waals surface area contributed by atoms with Crippen LogP contribution in [0.4, 0.5) is 5.69 Å². The maximum absolute atomic E-state index is 11.3. The molecule has 3 N–H and O–H groups in total. The number of nitrogens with one attached hydrogen (secondary N) is 2. The lowest BCUT2D eigenvalue weighted by molar-refractivity contribution is 0.0698. The zero-order valence-corrected chi connectivity index (χ0v) is 12.9. The first kappa shape index (κ1) is 14.9. The third-order valence-corrected chi connectivity index (χ3v) is 3.22. The number of benzene rings is 1. The fourth-order valence-electron chi connectivity index (χ4n) is 1.67. The highest BCUT2D eigenvalue weighted by atomic mass is 127. The molecule has 1 heterocycles. The molecule has 106 valence electrons. The van der Waals surface area contributed by atoms with E-state index >= 15 is 0 Å². The predicted octanol–water partition coefficient (Wildman–Crippen LogP) is 1.79. The second-order valence-corrected chi connectivity index (χ2v) is 5.25. The summed E-state index contributed by atoms with van der Waals surface area (Å²) in [6, 6.07) is 5.30. The van der Waals surface area contributed by atoms with Crippen LogP contribution >= 0.6 is 22.6 Å². The highest BCUT2D eigenvalue weighted by Gasteiger charge is 2.14. The Hall–Kier alpha value is -2.48. The van der Waals surface area contributed by atoms with Crippen molar-refractivity contribution < 1.29 is 9.90 Å². The molecule has 0 bridgehead atoms. The number of tetrazole rings is 1. The van der Waals surface area contributed by atoms with E-state index < -0.39 is 5.97 Å². The number of carboxylic acids is 1. The van der Waals surface area contributed by atoms with E-state index in [0.29, 0.717) is 5.69 Å². The van der Waals surface area contributed by atoms with Gasteiger partial charge in [0.15, 0.2) is 0 Å². The van der Waals surface area contributed by atoms with Crippen molar-refractivity contribution in [2.75, 3.05) is 5.32 Å². The minimum atomic E-state index is -1.05. The largest absolute Gasteiger partial charge is 0.478 e. The molecule has 0 saturated heterocycles. The highest BCUT2D eigenvalue weighted by molar-refractivity contribution is 14.1. The minimum absolute atomic E-state index is 0.126. The molecule has 0 saturated carbocycles. The fraction of sp³-hybridized carbons (Fsp3) is 0.0833. The first-order valence-electron chi connectivity index (χ1n) is 5.67. The number of rotatable bonds is 4. The van der Waals surface area contributed by atoms with Gasteiger partial charge in [-0.15, -0.1) is 10.2 Å². The smallest absolute Gasteiger partial charge is 0.337 e. The molecule has 21 heavy (non-hydrogen) atoms. The van der Waals surface area contributed by atoms with Gasteiger partial charge in [-0.1, -0.05) is 0 Å². The van der Waals surface area contributed by atoms with Crippen LogP contribution in [0.3, 0.4) is 0 Å². The van der Waals surface area contributed by atoms with Crippen LogP contribution in [0.25, 0.3) is 5.57 Å². The number of hydrogen-bond donors (Lipinski definition) is 3. The standard InChI is InChI=1S/C12H9IN6O2/c1-6-2-8(13)3-9(12(20)21)10(6)15-5-7(4-14)11-16-18-19-17-11/h2-3,5,15H,1H3,(H,20,21)(H,16,17,18,19). The molecule has 1 aromatic carbocycles. The van der Waals surface area contributed by atoms with Crippen LogP contribution in [0, 0.1) is 21.8 Å². The summed E-state index contributed by atoms with van der Waals surface area (Å²) in [5, 5.41) is 34.2. The normalized spacial score (nSPS) is 11.0. The summed E-state index contributed by atoms with van der Waals surface area (Å²) >= 11 is 2.05. The van der Waals surface area contributed by atoms with E-state index in [2.05, 4.69) is 25.9 Å². The molecule has 0 radical (unpaired) electrons. The highest BCUT2D eigenvalue weighted by Crippen LogP contribution is 2.24. The predicted molar refractivity (Wildman–Crippen MR) is 82.2 cm³/mol. The molecular weight excluding hydrogens is 387 g/mol. The maximum atomic E-state index is 11.3. The van der Waals surface area contributed by atoms with Gasteiger partial charge in [-0.05, 0) is 52.4 Å². The van der Waals surface area contributed by atoms with E-state index in [0.717, 1.165) is 9.13 Å². The molecule has 0 spiro atoms. The number of carboxylic acid groups (broad SMARTS) is 1. The van der Waals surface area contributed by atoms with Crippen molar-refractivity contribution in [2.24, 2.45) is 0 Å². The van der Waals surface area contributed by atoms with Crippen molar-refractivity contribution in [3.05, 3.63) is 38.9 Å². The van der Waals surface area contributed by atoms with Gasteiger partial charge >= 0.3 is 5.97 Å². The van der Waals surface area contributed by atoms with Gasteiger partial charge in [0.1, 0.15) is 11.6 Å². The number of halogens is 1. The van der Waals surface area contributed by atoms with Gasteiger partial charge in [0.05, 0.1) is 11.3 Å². The summed E-state index contributed by atoms with van der Waals surface area (Å²) in [6.45, 7) is 1.78. The Morgan fingerprint density at radius 2 is 2.33 bits per heavy atom. The molecule has 0 atom stereocenters. The zero-order chi connectivity index (χ0) is 15.4. The topological polar surface area (TPSA) is 128 Å². The van der Waals surface area contributed by atoms with Crippen molar-refractivity contribution in [2.45, 2.75) is 6.92 Å². The van der Waals surface area contributed by atoms with E-state index in [1.165, 1.54) is 6.20 Å². The molecule has 0 unspecified atom stereocenters. The summed E-state index contributed by atoms with van der Waals surface area (Å²) in [5.74, 6) is -0.921. The van der Waals surface area contributed by atoms with Crippen LogP contribution < -0.4 is 5.32 Å². The third kappa shape index (κ3) is 3.34. The van der Waals surface area contributed by atoms with Gasteiger partial charge in [-0.2, -0.15) is 10.5 Å². The fourth-order valence-corrected chi connectivity index (χ4v) is 2.45. The second kappa shape index (κ2) is 6.31. The summed E-state index contributed by atoms with van der Waals surface area (Å²) < 4.78 is 0.815. The summed E-state index contributed by atoms with van der Waals surface area (Å²) in [4.78, 5) is 11.3. The number of aromatic carboxylic acids is 1. The summed E-state index contributed by atoms with van der Waals surface area (Å²) in [5.41, 5.74) is 1.43. The first-order valence-corrected chi connectivity index (χ1v) is 6.75. The Kier molecular flexibility index (Phi) is 4.49. The van der Waals surface area contributed by atoms with Gasteiger partial charge < -0.3 is 10.4 Å². The number of aromatic amines is 1. The van der Waals surface area contributed by atoms with Gasteiger partial charge in [-0.25, -0.2) is 4.79 Å². The number of anilines is 1. The van der Waals surface area contributed by atoms with Crippen LogP contribution in [-0.2, 0) is 0 Å². The molecule has 2 rings (SSSR count). The Balaban J connectivity index is 2.40. The molecule has 0 fully saturated rings. The van der Waals surface area contributed by atoms with E-state index in [4.69, 9.17) is 5.26 Å². The Labute approximate surface area is 133 Å². The van der Waals surface area contributed by atoms with Gasteiger partial charge in [0, 0.05) is 9.77 Å². The van der Waals surface area contributed by atoms with Gasteiger partial charge in [0.25, 0.3) is 0 Å². The van der Waals surface area contributed by atoms with E-state index in [9.17, 15) is 9.90 Å². The molecule has 0 aliphatic heterocycles. The third-order valence-electron chi connectivity index (χ3n) is 2.60. The lowest BCUT2D eigenvalue weighted by Gasteiger charge is -2.10. The number of aromatic nitrogens is 4. The first-order chi connectivity index (χ1) is 10.0. The average Bonchev–Trinajstić information content (AvgIpc) is 2.94. The van der Waals surface area contributed by atoms with Crippen molar-refractivity contribution in [3.63, 3.8) is 0 Å². The van der Waals surface area contributed by atoms with Crippen molar-refractivity contribution in [3.8, 4) is 6.07 Å². The van der Waals surface area contributed by atoms with Crippen molar-refractivity contribution >= 4 is 39.8 Å². The lowest BCUT2D eigenvalue weighted by Crippen LogP contribution is -2.05. The Morgan fingerprint density at radius 1 is 1.57 bits per heavy atom. The zero-order valence-electron chi connectivity index (χ0n) is 10.8. The molecular formula is C12H9IN6O2. The van der Waals surface area contributed by atoms with Crippen LogP contribution in [0.15, 0.2) is 18.3 Å². The molecule has 0 aliphatic carbocycles. The van der Waals surface area contributed by atoms with E-state index in [1.54, 1.807) is 13.0 Å². The Bertz CT molecular complexity index is 748. The number of hydrogen-bond acceptors (Lipinski definition) is 6. The molecule has 9 heteroatoms. The second-order valence-electron chi connectivity index (χ2n) is 4.00.